The summed E-state index contributed by atoms with van der Waals surface area (Å²) in [4.78, 5) is 13.8. The molecule has 0 aliphatic heterocycles. The molecule has 2 nitrogen and oxygen atoms in total. The quantitative estimate of drug-likeness (QED) is 0.611. The monoisotopic (exact) mass is 183 g/mol. The van der Waals surface area contributed by atoms with Gasteiger partial charge in [0.1, 0.15) is 0 Å². The van der Waals surface area contributed by atoms with E-state index in [1.54, 1.807) is 0 Å². The molecule has 13 heavy (non-hydrogen) atoms. The van der Waals surface area contributed by atoms with E-state index in [-0.39, 0.29) is 11.3 Å². The van der Waals surface area contributed by atoms with Crippen molar-refractivity contribution in [3.05, 3.63) is 0 Å². The van der Waals surface area contributed by atoms with Gasteiger partial charge in [0.25, 0.3) is 0 Å². The van der Waals surface area contributed by atoms with Crippen molar-refractivity contribution in [2.45, 2.75) is 47.1 Å². The summed E-state index contributed by atoms with van der Waals surface area (Å²) >= 11 is 0. The van der Waals surface area contributed by atoms with Crippen LogP contribution in [0.3, 0.4) is 0 Å². The first kappa shape index (κ1) is 10.6. The molecule has 0 bridgehead atoms. The van der Waals surface area contributed by atoms with Crippen LogP contribution in [0, 0.1) is 10.8 Å². The van der Waals surface area contributed by atoms with Gasteiger partial charge in [0.2, 0.25) is 5.91 Å². The predicted octanol–water partition coefficient (Wildman–Crippen LogP) is 2.29. The summed E-state index contributed by atoms with van der Waals surface area (Å²) in [5.41, 5.74) is 0.100. The van der Waals surface area contributed by atoms with E-state index in [4.69, 9.17) is 0 Å². The molecule has 0 aromatic carbocycles. The lowest BCUT2D eigenvalue weighted by Crippen LogP contribution is -2.39. The third kappa shape index (κ3) is 2.04. The van der Waals surface area contributed by atoms with Crippen molar-refractivity contribution in [3.63, 3.8) is 0 Å². The second-order valence-electron chi connectivity index (χ2n) is 5.87. The van der Waals surface area contributed by atoms with Crippen molar-refractivity contribution in [1.29, 1.82) is 0 Å². The number of hydrogen-bond acceptors (Lipinski definition) is 1. The number of rotatable bonds is 1. The van der Waals surface area contributed by atoms with Gasteiger partial charge in [-0.15, -0.1) is 0 Å². The van der Waals surface area contributed by atoms with Crippen LogP contribution in [0.2, 0.25) is 0 Å². The van der Waals surface area contributed by atoms with Crippen molar-refractivity contribution in [2.75, 3.05) is 7.05 Å². The van der Waals surface area contributed by atoms with Gasteiger partial charge in [-0.1, -0.05) is 34.6 Å². The molecule has 2 heteroatoms. The molecule has 76 valence electrons. The summed E-state index contributed by atoms with van der Waals surface area (Å²) in [5.74, 6) is 0.253. The zero-order valence-corrected chi connectivity index (χ0v) is 9.64. The standard InChI is InChI=1S/C11H21NO/c1-10(2,3)9(13)12(6)8-7-11(8,4)5/h8H,7H2,1-6H3. The molecule has 0 aromatic heterocycles. The first-order valence-corrected chi connectivity index (χ1v) is 4.93. The SMILES string of the molecule is CN(C(=O)C(C)(C)C)C1CC1(C)C. The van der Waals surface area contributed by atoms with Crippen LogP contribution in [0.5, 0.6) is 0 Å². The van der Waals surface area contributed by atoms with Crippen LogP contribution in [-0.4, -0.2) is 23.9 Å². The van der Waals surface area contributed by atoms with Gasteiger partial charge in [-0.25, -0.2) is 0 Å². The highest BCUT2D eigenvalue weighted by Crippen LogP contribution is 2.48. The highest BCUT2D eigenvalue weighted by molar-refractivity contribution is 5.82. The van der Waals surface area contributed by atoms with E-state index >= 15 is 0 Å². The van der Waals surface area contributed by atoms with Crippen molar-refractivity contribution >= 4 is 5.91 Å². The van der Waals surface area contributed by atoms with Crippen molar-refractivity contribution < 1.29 is 4.79 Å². The molecule has 0 heterocycles. The minimum atomic E-state index is -0.243. The molecule has 0 N–H and O–H groups in total. The van der Waals surface area contributed by atoms with Gasteiger partial charge in [-0.3, -0.25) is 4.79 Å². The molecule has 1 fully saturated rings. The molecule has 1 aliphatic rings. The number of nitrogens with zero attached hydrogens (tertiary/aromatic N) is 1. The lowest BCUT2D eigenvalue weighted by Gasteiger charge is -2.27. The van der Waals surface area contributed by atoms with Crippen LogP contribution in [0.1, 0.15) is 41.0 Å². The summed E-state index contributed by atoms with van der Waals surface area (Å²) in [7, 11) is 1.92. The van der Waals surface area contributed by atoms with Crippen molar-refractivity contribution in [1.82, 2.24) is 4.90 Å². The third-order valence-electron chi connectivity index (χ3n) is 2.89. The van der Waals surface area contributed by atoms with Gasteiger partial charge in [-0.2, -0.15) is 0 Å². The molecule has 1 saturated carbocycles. The maximum Gasteiger partial charge on any atom is 0.227 e. The van der Waals surface area contributed by atoms with Gasteiger partial charge in [0.15, 0.2) is 0 Å². The normalized spacial score (nSPS) is 25.5. The molecule has 1 unspecified atom stereocenters. The van der Waals surface area contributed by atoms with E-state index < -0.39 is 0 Å². The Morgan fingerprint density at radius 1 is 1.38 bits per heavy atom. The molecule has 1 atom stereocenters. The second-order valence-corrected chi connectivity index (χ2v) is 5.87. The smallest absolute Gasteiger partial charge is 0.227 e. The summed E-state index contributed by atoms with van der Waals surface area (Å²) in [6, 6.07) is 0.458. The Morgan fingerprint density at radius 2 is 1.77 bits per heavy atom. The van der Waals surface area contributed by atoms with E-state index in [2.05, 4.69) is 13.8 Å². The van der Waals surface area contributed by atoms with E-state index in [9.17, 15) is 4.79 Å². The van der Waals surface area contributed by atoms with Gasteiger partial charge in [0, 0.05) is 18.5 Å². The summed E-state index contributed by atoms with van der Waals surface area (Å²) < 4.78 is 0. The Bertz CT molecular complexity index is 225. The Labute approximate surface area is 81.3 Å². The van der Waals surface area contributed by atoms with E-state index in [1.807, 2.05) is 32.7 Å². The molecular weight excluding hydrogens is 162 g/mol. The summed E-state index contributed by atoms with van der Waals surface area (Å²) in [6.45, 7) is 10.3. The first-order chi connectivity index (χ1) is 5.66. The average molecular weight is 183 g/mol. The van der Waals surface area contributed by atoms with Crippen LogP contribution in [0.4, 0.5) is 0 Å². The zero-order chi connectivity index (χ0) is 10.4. The van der Waals surface area contributed by atoms with Gasteiger partial charge >= 0.3 is 0 Å². The fourth-order valence-electron chi connectivity index (χ4n) is 1.77. The number of hydrogen-bond donors (Lipinski definition) is 0. The minimum Gasteiger partial charge on any atom is -0.342 e. The Morgan fingerprint density at radius 3 is 2.00 bits per heavy atom. The minimum absolute atomic E-state index is 0.243. The third-order valence-corrected chi connectivity index (χ3v) is 2.89. The molecule has 0 aromatic rings. The number of carbonyl (C=O) groups excluding carboxylic acids is 1. The fraction of sp³-hybridized carbons (Fsp3) is 0.909. The average Bonchev–Trinajstić information content (AvgIpc) is 2.55. The largest absolute Gasteiger partial charge is 0.342 e. The maximum absolute atomic E-state index is 11.9. The van der Waals surface area contributed by atoms with Gasteiger partial charge in [-0.05, 0) is 11.8 Å². The Hall–Kier alpha value is -0.530. The molecule has 1 rings (SSSR count). The van der Waals surface area contributed by atoms with Crippen LogP contribution in [-0.2, 0) is 4.79 Å². The lowest BCUT2D eigenvalue weighted by atomic mass is 9.94. The van der Waals surface area contributed by atoms with E-state index in [1.165, 1.54) is 0 Å². The maximum atomic E-state index is 11.9. The molecule has 0 spiro atoms. The van der Waals surface area contributed by atoms with Crippen molar-refractivity contribution in [3.8, 4) is 0 Å². The van der Waals surface area contributed by atoms with Crippen LogP contribution in [0.15, 0.2) is 0 Å². The van der Waals surface area contributed by atoms with E-state index in [0.29, 0.717) is 11.5 Å². The molecule has 0 radical (unpaired) electrons. The molecular formula is C11H21NO. The summed E-state index contributed by atoms with van der Waals surface area (Å²) in [5, 5.41) is 0. The first-order valence-electron chi connectivity index (χ1n) is 4.93. The summed E-state index contributed by atoms with van der Waals surface area (Å²) in [6.07, 6.45) is 1.14. The number of carbonyl (C=O) groups is 1. The molecule has 1 aliphatic carbocycles. The predicted molar refractivity (Wildman–Crippen MR) is 54.4 cm³/mol. The second kappa shape index (κ2) is 2.73. The van der Waals surface area contributed by atoms with Crippen LogP contribution in [0.25, 0.3) is 0 Å². The number of amides is 1. The fourth-order valence-corrected chi connectivity index (χ4v) is 1.77. The molecule has 1 amide bonds. The zero-order valence-electron chi connectivity index (χ0n) is 9.64. The van der Waals surface area contributed by atoms with Crippen molar-refractivity contribution in [2.24, 2.45) is 10.8 Å². The van der Waals surface area contributed by atoms with Gasteiger partial charge < -0.3 is 4.90 Å². The highest BCUT2D eigenvalue weighted by atomic mass is 16.2. The highest BCUT2D eigenvalue weighted by Gasteiger charge is 2.50. The topological polar surface area (TPSA) is 20.3 Å². The lowest BCUT2D eigenvalue weighted by molar-refractivity contribution is -0.139. The molecule has 0 saturated heterocycles. The van der Waals surface area contributed by atoms with E-state index in [0.717, 1.165) is 6.42 Å². The van der Waals surface area contributed by atoms with Gasteiger partial charge in [0.05, 0.1) is 0 Å². The van der Waals surface area contributed by atoms with Crippen LogP contribution < -0.4 is 0 Å². The Balaban J connectivity index is 2.61. The Kier molecular flexibility index (Phi) is 2.21. The van der Waals surface area contributed by atoms with Crippen LogP contribution >= 0.6 is 0 Å².